The van der Waals surface area contributed by atoms with Gasteiger partial charge in [0.15, 0.2) is 8.32 Å². The van der Waals surface area contributed by atoms with Crippen LogP contribution in [0.4, 0.5) is 0 Å². The molecule has 0 aliphatic carbocycles. The van der Waals surface area contributed by atoms with Gasteiger partial charge < -0.3 is 9.16 Å². The molecule has 2 aromatic carbocycles. The molecule has 0 bridgehead atoms. The number of benzene rings is 2. The molecule has 0 heterocycles. The third kappa shape index (κ3) is 6.30. The predicted octanol–water partition coefficient (Wildman–Crippen LogP) is 6.13. The fraction of sp³-hybridized carbons (Fsp3) is 0.500. The van der Waals surface area contributed by atoms with Crippen LogP contribution < -0.4 is 0 Å². The summed E-state index contributed by atoms with van der Waals surface area (Å²) in [5.74, 6) is 0. The molecule has 0 saturated heterocycles. The Balaban J connectivity index is 2.31. The van der Waals surface area contributed by atoms with E-state index in [9.17, 15) is 0 Å². The molecule has 2 aromatic rings. The number of methoxy groups -OCH3 is 1. The minimum atomic E-state index is -1.83. The molecule has 0 unspecified atom stereocenters. The Kier molecular flexibility index (Phi) is 7.44. The minimum Gasteiger partial charge on any atom is -0.416 e. The van der Waals surface area contributed by atoms with Gasteiger partial charge in [-0.1, -0.05) is 81.4 Å². The smallest absolute Gasteiger partial charge is 0.192 e. The Hall–Kier alpha value is -1.42. The summed E-state index contributed by atoms with van der Waals surface area (Å²) in [4.78, 5) is 0. The molecular formula is C24H36O2Si. The van der Waals surface area contributed by atoms with Crippen LogP contribution in [0, 0.1) is 5.41 Å². The van der Waals surface area contributed by atoms with Gasteiger partial charge in [0.25, 0.3) is 0 Å². The highest BCUT2D eigenvalue weighted by atomic mass is 28.4. The number of hydrogen-bond donors (Lipinski definition) is 0. The van der Waals surface area contributed by atoms with E-state index in [1.165, 1.54) is 11.1 Å². The molecule has 148 valence electrons. The molecule has 2 nitrogen and oxygen atoms in total. The molecule has 0 spiro atoms. The van der Waals surface area contributed by atoms with Crippen molar-refractivity contribution in [2.24, 2.45) is 5.41 Å². The van der Waals surface area contributed by atoms with Crippen molar-refractivity contribution in [3.8, 4) is 0 Å². The summed E-state index contributed by atoms with van der Waals surface area (Å²) >= 11 is 0. The summed E-state index contributed by atoms with van der Waals surface area (Å²) in [6.07, 6.45) is 1.90. The maximum atomic E-state index is 6.72. The highest BCUT2D eigenvalue weighted by molar-refractivity contribution is 6.74. The van der Waals surface area contributed by atoms with Crippen molar-refractivity contribution in [3.63, 3.8) is 0 Å². The normalized spacial score (nSPS) is 13.0. The Morgan fingerprint density at radius 2 is 1.19 bits per heavy atom. The summed E-state index contributed by atoms with van der Waals surface area (Å²) in [5.41, 5.74) is 2.60. The Bertz CT molecular complexity index is 633. The summed E-state index contributed by atoms with van der Waals surface area (Å²) in [7, 11) is -0.0310. The van der Waals surface area contributed by atoms with Gasteiger partial charge >= 0.3 is 0 Å². The van der Waals surface area contributed by atoms with Crippen molar-refractivity contribution in [1.29, 1.82) is 0 Å². The van der Waals surface area contributed by atoms with Gasteiger partial charge in [-0.2, -0.15) is 0 Å². The number of ether oxygens (including phenoxy) is 1. The van der Waals surface area contributed by atoms with E-state index in [2.05, 4.69) is 94.5 Å². The van der Waals surface area contributed by atoms with Gasteiger partial charge in [0.05, 0.1) is 6.61 Å². The lowest BCUT2D eigenvalue weighted by Gasteiger charge is -2.41. The van der Waals surface area contributed by atoms with E-state index in [0.29, 0.717) is 6.61 Å². The minimum absolute atomic E-state index is 0.0764. The second kappa shape index (κ2) is 9.18. The molecule has 3 heteroatoms. The molecule has 0 saturated carbocycles. The molecule has 0 atom stereocenters. The van der Waals surface area contributed by atoms with E-state index in [-0.39, 0.29) is 10.5 Å². The fourth-order valence-electron chi connectivity index (χ4n) is 3.22. The van der Waals surface area contributed by atoms with E-state index in [1.807, 2.05) is 0 Å². The van der Waals surface area contributed by atoms with Crippen LogP contribution in [0.25, 0.3) is 0 Å². The second-order valence-electron chi connectivity index (χ2n) is 9.31. The number of hydrogen-bond acceptors (Lipinski definition) is 2. The van der Waals surface area contributed by atoms with Crippen molar-refractivity contribution >= 4 is 8.32 Å². The molecular weight excluding hydrogens is 348 g/mol. The monoisotopic (exact) mass is 384 g/mol. The van der Waals surface area contributed by atoms with Crippen molar-refractivity contribution in [1.82, 2.24) is 0 Å². The second-order valence-corrected chi connectivity index (χ2v) is 14.1. The van der Waals surface area contributed by atoms with Crippen LogP contribution >= 0.6 is 0 Å². The first-order valence-electron chi connectivity index (χ1n) is 9.88. The summed E-state index contributed by atoms with van der Waals surface area (Å²) < 4.78 is 12.5. The zero-order chi connectivity index (χ0) is 20.0. The first kappa shape index (κ1) is 21.9. The highest BCUT2D eigenvalue weighted by Gasteiger charge is 2.40. The van der Waals surface area contributed by atoms with Crippen molar-refractivity contribution < 1.29 is 9.16 Å². The average Bonchev–Trinajstić information content (AvgIpc) is 2.61. The molecule has 0 aliphatic rings. The van der Waals surface area contributed by atoms with Crippen LogP contribution in [0.15, 0.2) is 60.7 Å². The fourth-order valence-corrected chi connectivity index (χ4v) is 4.32. The lowest BCUT2D eigenvalue weighted by Crippen LogP contribution is -2.46. The van der Waals surface area contributed by atoms with Gasteiger partial charge in [-0.3, -0.25) is 0 Å². The first-order chi connectivity index (χ1) is 12.7. The van der Waals surface area contributed by atoms with E-state index in [1.54, 1.807) is 7.11 Å². The van der Waals surface area contributed by atoms with Crippen LogP contribution in [0.5, 0.6) is 0 Å². The quantitative estimate of drug-likeness (QED) is 0.484. The molecule has 0 aromatic heterocycles. The molecule has 0 amide bonds. The first-order valence-corrected chi connectivity index (χ1v) is 12.8. The van der Waals surface area contributed by atoms with E-state index < -0.39 is 8.32 Å². The van der Waals surface area contributed by atoms with Gasteiger partial charge in [-0.15, -0.1) is 0 Å². The van der Waals surface area contributed by atoms with Gasteiger partial charge in [-0.25, -0.2) is 0 Å². The average molecular weight is 385 g/mol. The molecule has 0 radical (unpaired) electrons. The van der Waals surface area contributed by atoms with Crippen molar-refractivity contribution in [2.45, 2.75) is 51.7 Å². The molecule has 0 N–H and O–H groups in total. The van der Waals surface area contributed by atoms with Crippen molar-refractivity contribution in [2.75, 3.05) is 20.3 Å². The van der Waals surface area contributed by atoms with Gasteiger partial charge in [0, 0.05) is 19.1 Å². The Morgan fingerprint density at radius 1 is 0.741 bits per heavy atom. The van der Waals surface area contributed by atoms with E-state index >= 15 is 0 Å². The highest BCUT2D eigenvalue weighted by Crippen LogP contribution is 2.39. The van der Waals surface area contributed by atoms with Gasteiger partial charge in [-0.05, 0) is 42.1 Å². The predicted molar refractivity (Wildman–Crippen MR) is 118 cm³/mol. The lowest BCUT2D eigenvalue weighted by molar-refractivity contribution is 0.0334. The Morgan fingerprint density at radius 3 is 1.56 bits per heavy atom. The maximum Gasteiger partial charge on any atom is 0.192 e. The standard InChI is InChI=1S/C24H36O2Si/c1-23(2,3)27(5,6)26-20-24(19-25-4,17-21-13-9-7-10-14-21)18-22-15-11-8-12-16-22/h7-16H,17-20H2,1-6H3. The van der Waals surface area contributed by atoms with Crippen LogP contribution in [-0.4, -0.2) is 28.6 Å². The summed E-state index contributed by atoms with van der Waals surface area (Å²) in [6, 6.07) is 21.4. The zero-order valence-electron chi connectivity index (χ0n) is 17.9. The SMILES string of the molecule is COCC(CO[Si](C)(C)C(C)(C)C)(Cc1ccccc1)Cc1ccccc1. The van der Waals surface area contributed by atoms with E-state index in [0.717, 1.165) is 19.4 Å². The zero-order valence-corrected chi connectivity index (χ0v) is 18.9. The van der Waals surface area contributed by atoms with Crippen LogP contribution in [0.3, 0.4) is 0 Å². The molecule has 0 fully saturated rings. The van der Waals surface area contributed by atoms with Crippen LogP contribution in [0.1, 0.15) is 31.9 Å². The largest absolute Gasteiger partial charge is 0.416 e. The summed E-state index contributed by atoms with van der Waals surface area (Å²) in [5, 5.41) is 0.200. The Labute approximate surface area is 167 Å². The van der Waals surface area contributed by atoms with Crippen LogP contribution in [-0.2, 0) is 22.0 Å². The summed E-state index contributed by atoms with van der Waals surface area (Å²) in [6.45, 7) is 13.0. The van der Waals surface area contributed by atoms with Crippen LogP contribution in [0.2, 0.25) is 18.1 Å². The third-order valence-corrected chi connectivity index (χ3v) is 10.3. The number of rotatable bonds is 9. The molecule has 2 rings (SSSR count). The van der Waals surface area contributed by atoms with E-state index in [4.69, 9.17) is 9.16 Å². The lowest BCUT2D eigenvalue weighted by atomic mass is 9.78. The van der Waals surface area contributed by atoms with Gasteiger partial charge in [0.1, 0.15) is 0 Å². The topological polar surface area (TPSA) is 18.5 Å². The molecule has 0 aliphatic heterocycles. The maximum absolute atomic E-state index is 6.72. The third-order valence-electron chi connectivity index (χ3n) is 5.84. The van der Waals surface area contributed by atoms with Crippen molar-refractivity contribution in [3.05, 3.63) is 71.8 Å². The van der Waals surface area contributed by atoms with Gasteiger partial charge in [0.2, 0.25) is 0 Å². The molecule has 27 heavy (non-hydrogen) atoms.